The second-order valence-electron chi connectivity index (χ2n) is 5.94. The number of benzene rings is 1. The van der Waals surface area contributed by atoms with Crippen molar-refractivity contribution in [2.24, 2.45) is 0 Å². The van der Waals surface area contributed by atoms with Crippen molar-refractivity contribution in [3.8, 4) is 5.75 Å². The summed E-state index contributed by atoms with van der Waals surface area (Å²) < 4.78 is 11.1. The van der Waals surface area contributed by atoms with E-state index in [9.17, 15) is 4.79 Å². The summed E-state index contributed by atoms with van der Waals surface area (Å²) >= 11 is 6.09. The molecule has 6 heteroatoms. The number of nitrogens with one attached hydrogen (secondary N) is 1. The first kappa shape index (κ1) is 15.4. The van der Waals surface area contributed by atoms with Gasteiger partial charge in [-0.25, -0.2) is 4.79 Å². The molecule has 1 aliphatic carbocycles. The number of carbonyl (C=O) groups is 1. The molecule has 5 nitrogen and oxygen atoms in total. The highest BCUT2D eigenvalue weighted by molar-refractivity contribution is 6.32. The molecule has 3 rings (SSSR count). The van der Waals surface area contributed by atoms with Crippen molar-refractivity contribution in [2.45, 2.75) is 31.3 Å². The lowest BCUT2D eigenvalue weighted by Crippen LogP contribution is -2.53. The van der Waals surface area contributed by atoms with Crippen molar-refractivity contribution in [3.05, 3.63) is 23.2 Å². The van der Waals surface area contributed by atoms with Crippen LogP contribution in [-0.4, -0.2) is 43.3 Å². The molecule has 2 amide bonds. The number of hydrogen-bond acceptors (Lipinski definition) is 3. The van der Waals surface area contributed by atoms with Gasteiger partial charge in [0.15, 0.2) is 0 Å². The van der Waals surface area contributed by atoms with Gasteiger partial charge in [-0.05, 0) is 31.0 Å². The van der Waals surface area contributed by atoms with E-state index in [1.54, 1.807) is 25.3 Å². The standard InChI is InChI=1S/C16H21ClN2O3/c1-21-14-5-4-12(10-13(14)17)18-15(20)19-8-9-22-16(11-19)6-2-3-7-16/h4-5,10H,2-3,6-9,11H2,1H3,(H,18,20). The predicted octanol–water partition coefficient (Wildman–Crippen LogP) is 3.53. The first-order valence-corrected chi connectivity index (χ1v) is 8.03. The molecular weight excluding hydrogens is 304 g/mol. The second kappa shape index (κ2) is 6.34. The molecule has 1 aromatic rings. The Morgan fingerprint density at radius 1 is 1.41 bits per heavy atom. The Morgan fingerprint density at radius 2 is 2.18 bits per heavy atom. The largest absolute Gasteiger partial charge is 0.495 e. The van der Waals surface area contributed by atoms with Crippen LogP contribution >= 0.6 is 11.6 Å². The van der Waals surface area contributed by atoms with Crippen molar-refractivity contribution >= 4 is 23.3 Å². The number of ether oxygens (including phenoxy) is 2. The summed E-state index contributed by atoms with van der Waals surface area (Å²) in [5, 5.41) is 3.38. The molecule has 1 aromatic carbocycles. The number of nitrogens with zero attached hydrogens (tertiary/aromatic N) is 1. The maximum absolute atomic E-state index is 12.5. The molecule has 0 atom stereocenters. The Morgan fingerprint density at radius 3 is 2.86 bits per heavy atom. The Bertz CT molecular complexity index is 558. The van der Waals surface area contributed by atoms with E-state index in [4.69, 9.17) is 21.1 Å². The van der Waals surface area contributed by atoms with Gasteiger partial charge in [0.2, 0.25) is 0 Å². The molecule has 22 heavy (non-hydrogen) atoms. The summed E-state index contributed by atoms with van der Waals surface area (Å²) in [7, 11) is 1.56. The minimum atomic E-state index is -0.118. The highest BCUT2D eigenvalue weighted by Crippen LogP contribution is 2.36. The molecule has 120 valence electrons. The average Bonchev–Trinajstić information content (AvgIpc) is 2.95. The van der Waals surface area contributed by atoms with Crippen LogP contribution in [0.5, 0.6) is 5.75 Å². The lowest BCUT2D eigenvalue weighted by molar-refractivity contribution is -0.0914. The minimum Gasteiger partial charge on any atom is -0.495 e. The van der Waals surface area contributed by atoms with E-state index in [0.29, 0.717) is 36.2 Å². The monoisotopic (exact) mass is 324 g/mol. The fourth-order valence-corrected chi connectivity index (χ4v) is 3.54. The fraction of sp³-hybridized carbons (Fsp3) is 0.562. The normalized spacial score (nSPS) is 20.2. The van der Waals surface area contributed by atoms with Gasteiger partial charge in [0.05, 0.1) is 30.9 Å². The van der Waals surface area contributed by atoms with Gasteiger partial charge in [-0.1, -0.05) is 24.4 Å². The number of anilines is 1. The maximum atomic E-state index is 12.5. The number of halogens is 1. The van der Waals surface area contributed by atoms with E-state index in [0.717, 1.165) is 12.8 Å². The third kappa shape index (κ3) is 3.15. The van der Waals surface area contributed by atoms with Crippen LogP contribution in [0.2, 0.25) is 5.02 Å². The number of morpholine rings is 1. The van der Waals surface area contributed by atoms with Crippen molar-refractivity contribution < 1.29 is 14.3 Å². The van der Waals surface area contributed by atoms with Crippen LogP contribution in [0.15, 0.2) is 18.2 Å². The first-order valence-electron chi connectivity index (χ1n) is 7.65. The van der Waals surface area contributed by atoms with Crippen molar-refractivity contribution in [1.29, 1.82) is 0 Å². The van der Waals surface area contributed by atoms with E-state index < -0.39 is 0 Å². The van der Waals surface area contributed by atoms with Crippen molar-refractivity contribution in [1.82, 2.24) is 4.90 Å². The number of amides is 2. The summed E-state index contributed by atoms with van der Waals surface area (Å²) in [5.41, 5.74) is 0.551. The maximum Gasteiger partial charge on any atom is 0.322 e. The van der Waals surface area contributed by atoms with E-state index >= 15 is 0 Å². The second-order valence-corrected chi connectivity index (χ2v) is 6.35. The minimum absolute atomic E-state index is 0.101. The quantitative estimate of drug-likeness (QED) is 0.905. The number of methoxy groups -OCH3 is 1. The lowest BCUT2D eigenvalue weighted by Gasteiger charge is -2.40. The van der Waals surface area contributed by atoms with Crippen LogP contribution in [-0.2, 0) is 4.74 Å². The van der Waals surface area contributed by atoms with Gasteiger partial charge in [0.25, 0.3) is 0 Å². The fourth-order valence-electron chi connectivity index (χ4n) is 3.29. The van der Waals surface area contributed by atoms with Crippen molar-refractivity contribution in [2.75, 3.05) is 32.1 Å². The molecule has 0 bridgehead atoms. The van der Waals surface area contributed by atoms with Crippen LogP contribution in [0, 0.1) is 0 Å². The molecular formula is C16H21ClN2O3. The van der Waals surface area contributed by atoms with Crippen LogP contribution in [0.4, 0.5) is 10.5 Å². The highest BCUT2D eigenvalue weighted by atomic mass is 35.5. The van der Waals surface area contributed by atoms with Gasteiger partial charge in [-0.3, -0.25) is 0 Å². The Hall–Kier alpha value is -1.46. The molecule has 0 aromatic heterocycles. The zero-order valence-electron chi connectivity index (χ0n) is 12.7. The van der Waals surface area contributed by atoms with Gasteiger partial charge >= 0.3 is 6.03 Å². The predicted molar refractivity (Wildman–Crippen MR) is 85.7 cm³/mol. The van der Waals surface area contributed by atoms with E-state index in [1.165, 1.54) is 12.8 Å². The molecule has 1 N–H and O–H groups in total. The van der Waals surface area contributed by atoms with Crippen LogP contribution in [0.25, 0.3) is 0 Å². The average molecular weight is 325 g/mol. The first-order chi connectivity index (χ1) is 10.6. The van der Waals surface area contributed by atoms with E-state index in [2.05, 4.69) is 5.32 Å². The Labute approximate surface area is 135 Å². The Balaban J connectivity index is 1.65. The topological polar surface area (TPSA) is 50.8 Å². The summed E-state index contributed by atoms with van der Waals surface area (Å²) in [4.78, 5) is 14.3. The molecule has 0 unspecified atom stereocenters. The molecule has 2 aliphatic rings. The van der Waals surface area contributed by atoms with Gasteiger partial charge in [-0.2, -0.15) is 0 Å². The van der Waals surface area contributed by atoms with Gasteiger partial charge in [0, 0.05) is 12.2 Å². The molecule has 2 fully saturated rings. The van der Waals surface area contributed by atoms with Crippen molar-refractivity contribution in [3.63, 3.8) is 0 Å². The zero-order chi connectivity index (χ0) is 15.6. The Kier molecular flexibility index (Phi) is 4.45. The zero-order valence-corrected chi connectivity index (χ0v) is 13.5. The van der Waals surface area contributed by atoms with Crippen LogP contribution < -0.4 is 10.1 Å². The summed E-state index contributed by atoms with van der Waals surface area (Å²) in [6.45, 7) is 1.90. The lowest BCUT2D eigenvalue weighted by atomic mass is 10.00. The van der Waals surface area contributed by atoms with Crippen LogP contribution in [0.3, 0.4) is 0 Å². The summed E-state index contributed by atoms with van der Waals surface area (Å²) in [6, 6.07) is 5.13. The molecule has 1 saturated heterocycles. The third-order valence-corrected chi connectivity index (χ3v) is 4.75. The SMILES string of the molecule is COc1ccc(NC(=O)N2CCOC3(CCCC3)C2)cc1Cl. The van der Waals surface area contributed by atoms with Gasteiger partial charge in [-0.15, -0.1) is 0 Å². The van der Waals surface area contributed by atoms with Crippen LogP contribution in [0.1, 0.15) is 25.7 Å². The smallest absolute Gasteiger partial charge is 0.322 e. The van der Waals surface area contributed by atoms with E-state index in [1.807, 2.05) is 4.90 Å². The number of carbonyl (C=O) groups excluding carboxylic acids is 1. The third-order valence-electron chi connectivity index (χ3n) is 4.45. The summed E-state index contributed by atoms with van der Waals surface area (Å²) in [5.74, 6) is 0.593. The van der Waals surface area contributed by atoms with E-state index in [-0.39, 0.29) is 11.6 Å². The summed E-state index contributed by atoms with van der Waals surface area (Å²) in [6.07, 6.45) is 4.46. The molecule has 1 spiro atoms. The number of urea groups is 1. The number of rotatable bonds is 2. The molecule has 1 aliphatic heterocycles. The van der Waals surface area contributed by atoms with Gasteiger partial charge in [0.1, 0.15) is 5.75 Å². The molecule has 0 radical (unpaired) electrons. The highest BCUT2D eigenvalue weighted by Gasteiger charge is 2.40. The van der Waals surface area contributed by atoms with Gasteiger partial charge < -0.3 is 19.7 Å². The number of hydrogen-bond donors (Lipinski definition) is 1. The molecule has 1 saturated carbocycles. The molecule has 1 heterocycles.